The van der Waals surface area contributed by atoms with Gasteiger partial charge in [-0.25, -0.2) is 22.4 Å². The first-order valence-electron chi connectivity index (χ1n) is 17.8. The third kappa shape index (κ3) is 8.39. The Morgan fingerprint density at radius 1 is 1.04 bits per heavy atom. The summed E-state index contributed by atoms with van der Waals surface area (Å²) in [6.45, 7) is 5.10. The van der Waals surface area contributed by atoms with Crippen LogP contribution in [0, 0.1) is 17.2 Å². The largest absolute Gasteiger partial charge is 0.444 e. The van der Waals surface area contributed by atoms with Crippen LogP contribution in [0.4, 0.5) is 14.0 Å². The number of halogens is 1. The van der Waals surface area contributed by atoms with E-state index in [-0.39, 0.29) is 51.2 Å². The summed E-state index contributed by atoms with van der Waals surface area (Å²) in [5.41, 5.74) is -1.08. The minimum atomic E-state index is -3.88. The SMILES string of the molecule is CC(C)(C)OC(=O)N[C@H]1CCCCC/C=C\[C@@H]2CC2(C(=O)NS(=O)(=O)C2CC2)CC(=O)C2C[C@@H](OC(=O)N3Cc4cccc(F)c4C3)CN2C1=O. The van der Waals surface area contributed by atoms with E-state index in [4.69, 9.17) is 9.47 Å². The summed E-state index contributed by atoms with van der Waals surface area (Å²) in [5.74, 6) is -2.54. The van der Waals surface area contributed by atoms with Gasteiger partial charge in [-0.3, -0.25) is 24.0 Å². The second-order valence-corrected chi connectivity index (χ2v) is 17.5. The molecule has 0 bridgehead atoms. The zero-order valence-electron chi connectivity index (χ0n) is 29.3. The van der Waals surface area contributed by atoms with Crippen LogP contribution in [0.3, 0.4) is 0 Å². The van der Waals surface area contributed by atoms with E-state index in [1.54, 1.807) is 32.9 Å². The van der Waals surface area contributed by atoms with Gasteiger partial charge in [0.15, 0.2) is 5.78 Å². The number of allylic oxidation sites excluding steroid dienone is 2. The molecule has 2 N–H and O–H groups in total. The summed E-state index contributed by atoms with van der Waals surface area (Å²) >= 11 is 0. The smallest absolute Gasteiger partial charge is 0.410 e. The van der Waals surface area contributed by atoms with Crippen LogP contribution in [-0.4, -0.2) is 83.6 Å². The number of nitrogens with zero attached hydrogens (tertiary/aromatic N) is 2. The number of carbonyl (C=O) groups excluding carboxylic acids is 5. The maximum atomic E-state index is 14.4. The van der Waals surface area contributed by atoms with Crippen LogP contribution in [0.25, 0.3) is 0 Å². The first kappa shape index (κ1) is 36.8. The van der Waals surface area contributed by atoms with E-state index in [1.807, 2.05) is 12.2 Å². The van der Waals surface area contributed by atoms with E-state index in [9.17, 15) is 36.8 Å². The predicted octanol–water partition coefficient (Wildman–Crippen LogP) is 4.23. The second-order valence-electron chi connectivity index (χ2n) is 15.5. The minimum absolute atomic E-state index is 0.0107. The molecule has 3 fully saturated rings. The number of sulfonamides is 1. The van der Waals surface area contributed by atoms with Gasteiger partial charge < -0.3 is 19.7 Å². The molecule has 3 heterocycles. The number of hydrogen-bond donors (Lipinski definition) is 2. The van der Waals surface area contributed by atoms with Crippen molar-refractivity contribution in [3.8, 4) is 0 Å². The molecule has 0 radical (unpaired) electrons. The fraction of sp³-hybridized carbons (Fsp3) is 0.639. The number of rotatable bonds is 5. The normalized spacial score (nSPS) is 29.1. The lowest BCUT2D eigenvalue weighted by Crippen LogP contribution is -2.53. The molecule has 5 atom stereocenters. The molecule has 2 saturated carbocycles. The molecule has 4 amide bonds. The zero-order valence-corrected chi connectivity index (χ0v) is 30.1. The first-order chi connectivity index (χ1) is 24.1. The van der Waals surface area contributed by atoms with E-state index in [2.05, 4.69) is 10.0 Å². The number of hydrogen-bond acceptors (Lipinski definition) is 9. The van der Waals surface area contributed by atoms with Crippen LogP contribution in [0.5, 0.6) is 0 Å². The maximum absolute atomic E-state index is 14.4. The summed E-state index contributed by atoms with van der Waals surface area (Å²) in [5, 5.41) is 2.06. The van der Waals surface area contributed by atoms with Gasteiger partial charge in [-0.15, -0.1) is 0 Å². The fourth-order valence-electron chi connectivity index (χ4n) is 7.37. The molecule has 5 aliphatic rings. The van der Waals surface area contributed by atoms with Crippen molar-refractivity contribution >= 4 is 39.8 Å². The number of ketones is 1. The summed E-state index contributed by atoms with van der Waals surface area (Å²) in [7, 11) is -3.88. The number of amides is 4. The average Bonchev–Trinajstić information content (AvgIpc) is 3.93. The van der Waals surface area contributed by atoms with Gasteiger partial charge in [0.25, 0.3) is 0 Å². The van der Waals surface area contributed by atoms with Crippen molar-refractivity contribution < 1.29 is 46.3 Å². The third-order valence-corrected chi connectivity index (χ3v) is 12.2. The third-order valence-electron chi connectivity index (χ3n) is 10.4. The highest BCUT2D eigenvalue weighted by Crippen LogP contribution is 2.57. The molecule has 13 nitrogen and oxygen atoms in total. The maximum Gasteiger partial charge on any atom is 0.410 e. The Balaban J connectivity index is 1.25. The highest BCUT2D eigenvalue weighted by atomic mass is 32.2. The van der Waals surface area contributed by atoms with E-state index in [0.717, 1.165) is 12.8 Å². The monoisotopic (exact) mass is 730 g/mol. The van der Waals surface area contributed by atoms with Gasteiger partial charge in [-0.2, -0.15) is 0 Å². The number of carbonyl (C=O) groups is 5. The quantitative estimate of drug-likeness (QED) is 0.421. The average molecular weight is 731 g/mol. The lowest BCUT2D eigenvalue weighted by Gasteiger charge is -2.30. The molecule has 15 heteroatoms. The van der Waals surface area contributed by atoms with Crippen LogP contribution in [0.15, 0.2) is 30.4 Å². The molecule has 1 aromatic rings. The van der Waals surface area contributed by atoms with E-state index in [0.29, 0.717) is 36.8 Å². The highest BCUT2D eigenvalue weighted by molar-refractivity contribution is 7.90. The van der Waals surface area contributed by atoms with Gasteiger partial charge >= 0.3 is 12.2 Å². The molecule has 3 aliphatic heterocycles. The number of ether oxygens (including phenoxy) is 2. The Morgan fingerprint density at radius 2 is 1.80 bits per heavy atom. The number of alkyl carbamates (subject to hydrolysis) is 1. The molecule has 2 aliphatic carbocycles. The number of nitrogens with one attached hydrogen (secondary N) is 2. The number of fused-ring (bicyclic) bond motifs is 3. The topological polar surface area (TPSA) is 168 Å². The molecular weight excluding hydrogens is 683 g/mol. The molecule has 1 aromatic carbocycles. The van der Waals surface area contributed by atoms with Crippen molar-refractivity contribution in [2.24, 2.45) is 11.3 Å². The van der Waals surface area contributed by atoms with E-state index < -0.39 is 80.1 Å². The minimum Gasteiger partial charge on any atom is -0.444 e. The zero-order chi connectivity index (χ0) is 36.7. The van der Waals surface area contributed by atoms with Crippen LogP contribution < -0.4 is 10.0 Å². The molecule has 2 unspecified atom stereocenters. The molecule has 51 heavy (non-hydrogen) atoms. The van der Waals surface area contributed by atoms with Gasteiger partial charge in [0.1, 0.15) is 23.6 Å². The Bertz CT molecular complexity index is 1720. The summed E-state index contributed by atoms with van der Waals surface area (Å²) in [6, 6.07) is 2.46. The molecule has 0 spiro atoms. The Morgan fingerprint density at radius 3 is 2.51 bits per heavy atom. The first-order valence-corrected chi connectivity index (χ1v) is 19.4. The molecule has 6 rings (SSSR count). The Hall–Kier alpha value is -4.01. The van der Waals surface area contributed by atoms with Gasteiger partial charge in [-0.05, 0) is 76.8 Å². The van der Waals surface area contributed by atoms with Gasteiger partial charge in [0, 0.05) is 24.9 Å². The van der Waals surface area contributed by atoms with Crippen molar-refractivity contribution in [2.45, 2.75) is 127 Å². The molecular formula is C36H47FN4O9S. The van der Waals surface area contributed by atoms with Crippen LogP contribution >= 0.6 is 0 Å². The molecule has 0 aromatic heterocycles. The predicted molar refractivity (Wildman–Crippen MR) is 182 cm³/mol. The lowest BCUT2D eigenvalue weighted by atomic mass is 9.91. The lowest BCUT2D eigenvalue weighted by molar-refractivity contribution is -0.140. The summed E-state index contributed by atoms with van der Waals surface area (Å²) in [4.78, 5) is 71.1. The highest BCUT2D eigenvalue weighted by Gasteiger charge is 2.61. The van der Waals surface area contributed by atoms with Crippen LogP contribution in [-0.2, 0) is 47.0 Å². The van der Waals surface area contributed by atoms with Gasteiger partial charge in [0.2, 0.25) is 21.8 Å². The summed E-state index contributed by atoms with van der Waals surface area (Å²) in [6.07, 6.45) is 5.27. The number of benzene rings is 1. The second kappa shape index (κ2) is 14.2. The number of Topliss-reactive ketones (excluding diaryl/α,β-unsaturated/α-hetero) is 1. The Labute approximate surface area is 297 Å². The van der Waals surface area contributed by atoms with Gasteiger partial charge in [-0.1, -0.05) is 37.1 Å². The van der Waals surface area contributed by atoms with Crippen LogP contribution in [0.1, 0.15) is 96.1 Å². The summed E-state index contributed by atoms with van der Waals surface area (Å²) < 4.78 is 53.4. The standard InChI is InChI=1S/C36H47FN4O9S/c1-35(2,3)50-33(45)38-28-13-8-6-4-5-7-11-23-17-36(23,32(44)39-51(47,48)25-14-15-25)18-30(42)29-16-24(20-41(29)31(28)43)49-34(46)40-19-22-10-9-12-27(37)26(22)21-40/h7,9-12,23-25,28-29H,4-6,8,13-21H2,1-3H3,(H,38,45)(H,39,44)/b11-7-/t23-,24-,28+,29?,36?/m1/s1. The Kier molecular flexibility index (Phi) is 10.2. The van der Waals surface area contributed by atoms with Crippen molar-refractivity contribution in [1.82, 2.24) is 19.8 Å². The van der Waals surface area contributed by atoms with Crippen LogP contribution in [0.2, 0.25) is 0 Å². The van der Waals surface area contributed by atoms with Crippen molar-refractivity contribution in [3.63, 3.8) is 0 Å². The van der Waals surface area contributed by atoms with Crippen molar-refractivity contribution in [1.29, 1.82) is 0 Å². The van der Waals surface area contributed by atoms with Crippen molar-refractivity contribution in [3.05, 3.63) is 47.3 Å². The van der Waals surface area contributed by atoms with E-state index in [1.165, 1.54) is 15.9 Å². The molecule has 278 valence electrons. The molecule has 1 saturated heterocycles. The fourth-order valence-corrected chi connectivity index (χ4v) is 8.75. The van der Waals surface area contributed by atoms with Crippen molar-refractivity contribution in [2.75, 3.05) is 6.54 Å². The van der Waals surface area contributed by atoms with Gasteiger partial charge in [0.05, 0.1) is 29.8 Å². The van der Waals surface area contributed by atoms with E-state index >= 15 is 0 Å².